The summed E-state index contributed by atoms with van der Waals surface area (Å²) in [5.74, 6) is -0.553. The van der Waals surface area contributed by atoms with Gasteiger partial charge in [-0.05, 0) is 38.5 Å². The summed E-state index contributed by atoms with van der Waals surface area (Å²) in [6.07, 6.45) is 28.1. The second kappa shape index (κ2) is 25.5. The standard InChI is InChI=1S/C32H66NO5P/c1-7-9-10-11-12-13-14-15-16-17-18-19-20-21-22-23-24-25-26-28-37-29-31(36-6)30-38-39(34,35)32(27-8-2)33(3,4)5/h15-16,31-32H,7-14,17-30H2,1-6H3/b16-15-/t31-,32?/m1/s1. The third-order valence-corrected chi connectivity index (χ3v) is 9.62. The van der Waals surface area contributed by atoms with Crippen LogP contribution in [0.1, 0.15) is 136 Å². The highest BCUT2D eigenvalue weighted by molar-refractivity contribution is 7.51. The lowest BCUT2D eigenvalue weighted by atomic mass is 10.1. The summed E-state index contributed by atoms with van der Waals surface area (Å²) in [5.41, 5.74) is 0. The molecule has 0 amide bonds. The summed E-state index contributed by atoms with van der Waals surface area (Å²) in [6.45, 7) is 5.31. The minimum atomic E-state index is -4.01. The van der Waals surface area contributed by atoms with Gasteiger partial charge in [0.25, 0.3) is 0 Å². The molecule has 39 heavy (non-hydrogen) atoms. The average Bonchev–Trinajstić information content (AvgIpc) is 2.89. The Kier molecular flexibility index (Phi) is 25.3. The van der Waals surface area contributed by atoms with Gasteiger partial charge in [-0.15, -0.1) is 0 Å². The topological polar surface area (TPSA) is 67.8 Å². The zero-order chi connectivity index (χ0) is 29.2. The van der Waals surface area contributed by atoms with E-state index in [0.717, 1.165) is 12.8 Å². The summed E-state index contributed by atoms with van der Waals surface area (Å²) in [4.78, 5) is 12.7. The second-order valence-electron chi connectivity index (χ2n) is 12.2. The van der Waals surface area contributed by atoms with Crippen molar-refractivity contribution in [1.29, 1.82) is 0 Å². The van der Waals surface area contributed by atoms with Gasteiger partial charge in [0.1, 0.15) is 6.10 Å². The quantitative estimate of drug-likeness (QED) is 0.0386. The number of allylic oxidation sites excluding steroid dienone is 2. The lowest BCUT2D eigenvalue weighted by Gasteiger charge is -2.41. The number of hydrogen-bond acceptors (Lipinski definition) is 5. The van der Waals surface area contributed by atoms with Gasteiger partial charge in [0.15, 0.2) is 13.4 Å². The van der Waals surface area contributed by atoms with Crippen LogP contribution in [0, 0.1) is 0 Å². The molecule has 0 spiro atoms. The van der Waals surface area contributed by atoms with Crippen LogP contribution in [0.3, 0.4) is 0 Å². The number of rotatable bonds is 29. The van der Waals surface area contributed by atoms with E-state index in [2.05, 4.69) is 19.1 Å². The Hall–Kier alpha value is -0.230. The van der Waals surface area contributed by atoms with Gasteiger partial charge >= 0.3 is 0 Å². The first-order valence-corrected chi connectivity index (χ1v) is 17.8. The minimum Gasteiger partial charge on any atom is -0.774 e. The molecule has 0 rings (SSSR count). The van der Waals surface area contributed by atoms with Gasteiger partial charge in [0.05, 0.1) is 34.4 Å². The average molecular weight is 576 g/mol. The Morgan fingerprint density at radius 1 is 0.718 bits per heavy atom. The monoisotopic (exact) mass is 575 g/mol. The first kappa shape index (κ1) is 38.8. The van der Waals surface area contributed by atoms with Crippen LogP contribution in [0.5, 0.6) is 0 Å². The van der Waals surface area contributed by atoms with Gasteiger partial charge in [-0.2, -0.15) is 0 Å². The fourth-order valence-electron chi connectivity index (χ4n) is 4.88. The normalized spacial score (nSPS) is 15.6. The van der Waals surface area contributed by atoms with E-state index in [1.807, 2.05) is 28.1 Å². The molecule has 0 fully saturated rings. The maximum Gasteiger partial charge on any atom is 0.193 e. The molecule has 7 heteroatoms. The fraction of sp³-hybridized carbons (Fsp3) is 0.938. The molecule has 0 radical (unpaired) electrons. The highest BCUT2D eigenvalue weighted by atomic mass is 31.2. The van der Waals surface area contributed by atoms with E-state index in [0.29, 0.717) is 24.1 Å². The molecule has 0 aromatic rings. The van der Waals surface area contributed by atoms with Gasteiger partial charge in [-0.25, -0.2) is 0 Å². The molecule has 0 aliphatic carbocycles. The predicted molar refractivity (Wildman–Crippen MR) is 165 cm³/mol. The molecule has 0 saturated carbocycles. The Bertz CT molecular complexity index is 608. The minimum absolute atomic E-state index is 0.00692. The lowest BCUT2D eigenvalue weighted by molar-refractivity contribution is -0.884. The van der Waals surface area contributed by atoms with Crippen LogP contribution in [0.2, 0.25) is 0 Å². The smallest absolute Gasteiger partial charge is 0.193 e. The zero-order valence-electron chi connectivity index (χ0n) is 26.8. The van der Waals surface area contributed by atoms with E-state index in [1.165, 1.54) is 103 Å². The fourth-order valence-corrected chi connectivity index (χ4v) is 6.85. The van der Waals surface area contributed by atoms with Gasteiger partial charge in [-0.3, -0.25) is 0 Å². The van der Waals surface area contributed by atoms with Crippen LogP contribution in [0.4, 0.5) is 0 Å². The first-order chi connectivity index (χ1) is 18.7. The largest absolute Gasteiger partial charge is 0.774 e. The van der Waals surface area contributed by atoms with Crippen molar-refractivity contribution in [2.75, 3.05) is 48.1 Å². The van der Waals surface area contributed by atoms with E-state index in [4.69, 9.17) is 14.0 Å². The van der Waals surface area contributed by atoms with Gasteiger partial charge in [0.2, 0.25) is 0 Å². The lowest BCUT2D eigenvalue weighted by Crippen LogP contribution is -2.47. The highest BCUT2D eigenvalue weighted by Crippen LogP contribution is 2.48. The van der Waals surface area contributed by atoms with Crippen molar-refractivity contribution in [1.82, 2.24) is 0 Å². The molecule has 0 heterocycles. The number of ether oxygens (including phenoxy) is 2. The molecule has 2 unspecified atom stereocenters. The van der Waals surface area contributed by atoms with Crippen LogP contribution >= 0.6 is 7.60 Å². The third kappa shape index (κ3) is 23.1. The Labute approximate surface area is 243 Å². The van der Waals surface area contributed by atoms with Crippen LogP contribution in [-0.2, 0) is 18.6 Å². The van der Waals surface area contributed by atoms with Crippen LogP contribution in [-0.4, -0.2) is 64.4 Å². The summed E-state index contributed by atoms with van der Waals surface area (Å²) in [5, 5.41) is 0. The Morgan fingerprint density at radius 3 is 1.67 bits per heavy atom. The maximum absolute atomic E-state index is 12.7. The number of methoxy groups -OCH3 is 1. The summed E-state index contributed by atoms with van der Waals surface area (Å²) >= 11 is 0. The molecular formula is C32H66NO5P. The van der Waals surface area contributed by atoms with E-state index in [1.54, 1.807) is 7.11 Å². The van der Waals surface area contributed by atoms with Gasteiger partial charge in [-0.1, -0.05) is 103 Å². The SMILES string of the molecule is CCCCCCCC/C=C\CCCCCCCCCCCOC[C@H](COP(=O)([O-])C(CCC)[N+](C)(C)C)OC. The van der Waals surface area contributed by atoms with Crippen LogP contribution in [0.25, 0.3) is 0 Å². The molecule has 0 aromatic carbocycles. The van der Waals surface area contributed by atoms with Gasteiger partial charge < -0.3 is 27.9 Å². The van der Waals surface area contributed by atoms with E-state index in [-0.39, 0.29) is 12.7 Å². The van der Waals surface area contributed by atoms with Crippen molar-refractivity contribution in [3.63, 3.8) is 0 Å². The van der Waals surface area contributed by atoms with Crippen molar-refractivity contribution in [2.24, 2.45) is 0 Å². The van der Waals surface area contributed by atoms with Crippen molar-refractivity contribution in [2.45, 2.75) is 148 Å². The Morgan fingerprint density at radius 2 is 1.21 bits per heavy atom. The van der Waals surface area contributed by atoms with Crippen LogP contribution < -0.4 is 4.89 Å². The van der Waals surface area contributed by atoms with E-state index >= 15 is 0 Å². The van der Waals surface area contributed by atoms with Crippen molar-refractivity contribution in [3.8, 4) is 0 Å². The molecular weight excluding hydrogens is 509 g/mol. The van der Waals surface area contributed by atoms with Crippen LogP contribution in [0.15, 0.2) is 12.2 Å². The molecule has 0 aliphatic heterocycles. The molecule has 0 saturated heterocycles. The molecule has 234 valence electrons. The summed E-state index contributed by atoms with van der Waals surface area (Å²) in [6, 6.07) is 0. The second-order valence-corrected chi connectivity index (χ2v) is 14.1. The number of nitrogens with zero attached hydrogens (tertiary/aromatic N) is 1. The Balaban J connectivity index is 3.65. The number of quaternary nitrogens is 1. The summed E-state index contributed by atoms with van der Waals surface area (Å²) < 4.78 is 29.6. The first-order valence-electron chi connectivity index (χ1n) is 16.2. The molecule has 6 nitrogen and oxygen atoms in total. The molecule has 3 atom stereocenters. The highest BCUT2D eigenvalue weighted by Gasteiger charge is 2.35. The zero-order valence-corrected chi connectivity index (χ0v) is 27.7. The third-order valence-electron chi connectivity index (χ3n) is 7.43. The van der Waals surface area contributed by atoms with Crippen molar-refractivity contribution in [3.05, 3.63) is 12.2 Å². The van der Waals surface area contributed by atoms with Crippen molar-refractivity contribution < 1.29 is 27.9 Å². The molecule has 0 bridgehead atoms. The summed E-state index contributed by atoms with van der Waals surface area (Å²) in [7, 11) is 3.24. The van der Waals surface area contributed by atoms with Gasteiger partial charge in [0, 0.05) is 20.1 Å². The van der Waals surface area contributed by atoms with E-state index in [9.17, 15) is 9.46 Å². The van der Waals surface area contributed by atoms with Crippen molar-refractivity contribution >= 4 is 7.60 Å². The predicted octanol–water partition coefficient (Wildman–Crippen LogP) is 8.63. The molecule has 0 aliphatic rings. The number of hydrogen-bond donors (Lipinski definition) is 0. The number of unbranched alkanes of at least 4 members (excludes halogenated alkanes) is 15. The maximum atomic E-state index is 12.7. The molecule has 0 N–H and O–H groups in total. The van der Waals surface area contributed by atoms with E-state index < -0.39 is 13.4 Å². The molecule has 0 aromatic heterocycles.